The Kier molecular flexibility index (Phi) is 3.47. The van der Waals surface area contributed by atoms with Crippen molar-refractivity contribution in [2.45, 2.75) is 31.7 Å². The Morgan fingerprint density at radius 1 is 0.880 bits per heavy atom. The fourth-order valence-corrected chi connectivity index (χ4v) is 3.32. The zero-order valence-corrected chi connectivity index (χ0v) is 14.0. The first-order valence-corrected chi connectivity index (χ1v) is 8.94. The van der Waals surface area contributed by atoms with Crippen molar-refractivity contribution in [3.63, 3.8) is 0 Å². The molecule has 25 heavy (non-hydrogen) atoms. The summed E-state index contributed by atoms with van der Waals surface area (Å²) in [5.41, 5.74) is 2.00. The van der Waals surface area contributed by atoms with E-state index >= 15 is 0 Å². The maximum atomic E-state index is 4.74. The van der Waals surface area contributed by atoms with Gasteiger partial charge < -0.3 is 4.90 Å². The topological polar surface area (TPSA) is 59.7 Å². The van der Waals surface area contributed by atoms with Crippen LogP contribution in [0.5, 0.6) is 0 Å². The fourth-order valence-electron chi connectivity index (χ4n) is 3.32. The molecule has 0 radical (unpaired) electrons. The lowest BCUT2D eigenvalue weighted by molar-refractivity contribution is 0.601. The molecule has 0 atom stereocenters. The second-order valence-corrected chi connectivity index (χ2v) is 6.76. The monoisotopic (exact) mass is 332 g/mol. The van der Waals surface area contributed by atoms with Crippen LogP contribution in [-0.4, -0.2) is 38.1 Å². The highest BCUT2D eigenvalue weighted by atomic mass is 15.4. The van der Waals surface area contributed by atoms with Gasteiger partial charge in [0, 0.05) is 31.0 Å². The standard InChI is InChI=1S/C19H20N6/c1-2-4-14(5-3-1)16-8-9-18(22-21-16)24-11-10-17-20-19(15-6-7-15)23-25(17)13-12-24/h1-5,8-9,15H,6-7,10-13H2. The highest BCUT2D eigenvalue weighted by Crippen LogP contribution is 2.38. The van der Waals surface area contributed by atoms with Gasteiger partial charge in [0.1, 0.15) is 5.82 Å². The predicted molar refractivity (Wildman–Crippen MR) is 95.4 cm³/mol. The quantitative estimate of drug-likeness (QED) is 0.738. The second-order valence-electron chi connectivity index (χ2n) is 6.76. The van der Waals surface area contributed by atoms with Gasteiger partial charge in [-0.05, 0) is 25.0 Å². The smallest absolute Gasteiger partial charge is 0.154 e. The molecule has 2 aromatic heterocycles. The Morgan fingerprint density at radius 2 is 1.76 bits per heavy atom. The van der Waals surface area contributed by atoms with Crippen LogP contribution in [0.25, 0.3) is 11.3 Å². The minimum absolute atomic E-state index is 0.618. The molecule has 0 saturated heterocycles. The molecule has 5 rings (SSSR count). The average molecular weight is 332 g/mol. The first-order chi connectivity index (χ1) is 12.4. The van der Waals surface area contributed by atoms with E-state index in [9.17, 15) is 0 Å². The van der Waals surface area contributed by atoms with Gasteiger partial charge in [0.05, 0.1) is 12.2 Å². The Bertz CT molecular complexity index is 841. The number of nitrogens with zero attached hydrogens (tertiary/aromatic N) is 6. The van der Waals surface area contributed by atoms with Crippen LogP contribution in [0.4, 0.5) is 5.82 Å². The molecule has 1 fully saturated rings. The maximum Gasteiger partial charge on any atom is 0.154 e. The van der Waals surface area contributed by atoms with Crippen molar-refractivity contribution in [1.29, 1.82) is 0 Å². The summed E-state index contributed by atoms with van der Waals surface area (Å²) in [5.74, 6) is 3.70. The van der Waals surface area contributed by atoms with E-state index in [1.54, 1.807) is 0 Å². The zero-order valence-electron chi connectivity index (χ0n) is 14.0. The highest BCUT2D eigenvalue weighted by molar-refractivity contribution is 5.59. The molecule has 1 aromatic carbocycles. The molecule has 1 aliphatic carbocycles. The van der Waals surface area contributed by atoms with E-state index in [4.69, 9.17) is 10.1 Å². The fraction of sp³-hybridized carbons (Fsp3) is 0.368. The van der Waals surface area contributed by atoms with Crippen LogP contribution in [-0.2, 0) is 13.0 Å². The van der Waals surface area contributed by atoms with Crippen molar-refractivity contribution in [2.24, 2.45) is 0 Å². The molecule has 0 N–H and O–H groups in total. The zero-order chi connectivity index (χ0) is 16.6. The van der Waals surface area contributed by atoms with Gasteiger partial charge in [0.2, 0.25) is 0 Å². The number of aromatic nitrogens is 5. The summed E-state index contributed by atoms with van der Waals surface area (Å²) in [4.78, 5) is 7.02. The summed E-state index contributed by atoms with van der Waals surface area (Å²) in [7, 11) is 0. The van der Waals surface area contributed by atoms with Crippen molar-refractivity contribution in [3.8, 4) is 11.3 Å². The number of hydrogen-bond acceptors (Lipinski definition) is 5. The van der Waals surface area contributed by atoms with Crippen LogP contribution in [0.3, 0.4) is 0 Å². The van der Waals surface area contributed by atoms with Crippen molar-refractivity contribution in [1.82, 2.24) is 25.0 Å². The van der Waals surface area contributed by atoms with E-state index in [-0.39, 0.29) is 0 Å². The molecule has 3 aromatic rings. The molecular formula is C19H20N6. The first kappa shape index (κ1) is 14.6. The number of fused-ring (bicyclic) bond motifs is 1. The maximum absolute atomic E-state index is 4.74. The summed E-state index contributed by atoms with van der Waals surface area (Å²) in [6.07, 6.45) is 3.40. The highest BCUT2D eigenvalue weighted by Gasteiger charge is 2.29. The molecular weight excluding hydrogens is 312 g/mol. The Labute approximate surface area is 146 Å². The molecule has 1 saturated carbocycles. The summed E-state index contributed by atoms with van der Waals surface area (Å²) in [6.45, 7) is 2.65. The Balaban J connectivity index is 1.31. The van der Waals surface area contributed by atoms with Crippen LogP contribution >= 0.6 is 0 Å². The summed E-state index contributed by atoms with van der Waals surface area (Å²) >= 11 is 0. The third kappa shape index (κ3) is 2.88. The largest absolute Gasteiger partial charge is 0.353 e. The van der Waals surface area contributed by atoms with Gasteiger partial charge in [-0.2, -0.15) is 5.10 Å². The van der Waals surface area contributed by atoms with Gasteiger partial charge >= 0.3 is 0 Å². The number of rotatable bonds is 3. The van der Waals surface area contributed by atoms with Gasteiger partial charge in [-0.25, -0.2) is 9.67 Å². The van der Waals surface area contributed by atoms with Gasteiger partial charge in [-0.1, -0.05) is 30.3 Å². The van der Waals surface area contributed by atoms with E-state index in [0.29, 0.717) is 5.92 Å². The molecule has 0 spiro atoms. The van der Waals surface area contributed by atoms with E-state index in [0.717, 1.165) is 54.8 Å². The molecule has 2 aliphatic rings. The molecule has 6 heteroatoms. The van der Waals surface area contributed by atoms with Crippen LogP contribution in [0, 0.1) is 0 Å². The second kappa shape index (κ2) is 5.95. The SMILES string of the molecule is c1ccc(-c2ccc(N3CCc4nc(C5CC5)nn4CC3)nn2)cc1. The van der Waals surface area contributed by atoms with Crippen molar-refractivity contribution >= 4 is 5.82 Å². The van der Waals surface area contributed by atoms with Gasteiger partial charge in [0.15, 0.2) is 11.6 Å². The summed E-state index contributed by atoms with van der Waals surface area (Å²) in [5, 5.41) is 13.6. The Morgan fingerprint density at radius 3 is 2.52 bits per heavy atom. The predicted octanol–water partition coefficient (Wildman–Crippen LogP) is 2.68. The lowest BCUT2D eigenvalue weighted by atomic mass is 10.1. The van der Waals surface area contributed by atoms with Crippen molar-refractivity contribution < 1.29 is 0 Å². The summed E-state index contributed by atoms with van der Waals surface area (Å²) in [6, 6.07) is 14.3. The molecule has 6 nitrogen and oxygen atoms in total. The number of benzene rings is 1. The van der Waals surface area contributed by atoms with Gasteiger partial charge in [-0.15, -0.1) is 10.2 Å². The molecule has 0 amide bonds. The molecule has 1 aliphatic heterocycles. The molecule has 3 heterocycles. The van der Waals surface area contributed by atoms with Crippen LogP contribution in [0.1, 0.15) is 30.4 Å². The lowest BCUT2D eigenvalue weighted by Gasteiger charge is -2.20. The van der Waals surface area contributed by atoms with E-state index in [1.165, 1.54) is 12.8 Å². The van der Waals surface area contributed by atoms with E-state index in [1.807, 2.05) is 24.3 Å². The van der Waals surface area contributed by atoms with Crippen LogP contribution in [0.15, 0.2) is 42.5 Å². The minimum atomic E-state index is 0.618. The van der Waals surface area contributed by atoms with Gasteiger partial charge in [-0.3, -0.25) is 0 Å². The van der Waals surface area contributed by atoms with E-state index in [2.05, 4.69) is 38.0 Å². The van der Waals surface area contributed by atoms with Gasteiger partial charge in [0.25, 0.3) is 0 Å². The minimum Gasteiger partial charge on any atom is -0.353 e. The number of anilines is 1. The third-order valence-corrected chi connectivity index (χ3v) is 4.94. The van der Waals surface area contributed by atoms with Crippen LogP contribution < -0.4 is 4.90 Å². The Hall–Kier alpha value is -2.76. The first-order valence-electron chi connectivity index (χ1n) is 8.94. The molecule has 0 unspecified atom stereocenters. The average Bonchev–Trinajstić information content (AvgIpc) is 3.47. The number of hydrogen-bond donors (Lipinski definition) is 0. The molecule has 0 bridgehead atoms. The van der Waals surface area contributed by atoms with E-state index < -0.39 is 0 Å². The normalized spacial score (nSPS) is 17.2. The van der Waals surface area contributed by atoms with Crippen LogP contribution in [0.2, 0.25) is 0 Å². The summed E-state index contributed by atoms with van der Waals surface area (Å²) < 4.78 is 2.08. The molecule has 126 valence electrons. The lowest BCUT2D eigenvalue weighted by Crippen LogP contribution is -2.27. The van der Waals surface area contributed by atoms with Crippen molar-refractivity contribution in [3.05, 3.63) is 54.1 Å². The van der Waals surface area contributed by atoms with Crippen molar-refractivity contribution in [2.75, 3.05) is 18.0 Å². The third-order valence-electron chi connectivity index (χ3n) is 4.94.